The molecule has 27 heavy (non-hydrogen) atoms. The highest BCUT2D eigenvalue weighted by molar-refractivity contribution is 7.89. The van der Waals surface area contributed by atoms with Crippen molar-refractivity contribution >= 4 is 44.8 Å². The molecule has 0 aliphatic rings. The third-order valence-electron chi connectivity index (χ3n) is 3.72. The van der Waals surface area contributed by atoms with Gasteiger partial charge in [0.05, 0.1) is 11.4 Å². The summed E-state index contributed by atoms with van der Waals surface area (Å²) in [4.78, 5) is 23.3. The fourth-order valence-corrected chi connectivity index (χ4v) is 3.60. The molecule has 2 aromatic rings. The van der Waals surface area contributed by atoms with Crippen LogP contribution in [0.4, 0.5) is 11.4 Å². The first kappa shape index (κ1) is 20.9. The first-order valence-electron chi connectivity index (χ1n) is 7.99. The molecular formula is C18H20ClN3O4S. The van der Waals surface area contributed by atoms with E-state index in [9.17, 15) is 18.0 Å². The number of carbonyl (C=O) groups is 2. The van der Waals surface area contributed by atoms with Gasteiger partial charge in [0.15, 0.2) is 0 Å². The molecule has 7 nitrogen and oxygen atoms in total. The van der Waals surface area contributed by atoms with E-state index >= 15 is 0 Å². The van der Waals surface area contributed by atoms with Gasteiger partial charge in [-0.15, -0.1) is 0 Å². The maximum Gasteiger partial charge on any atom is 0.243 e. The first-order valence-corrected chi connectivity index (χ1v) is 9.81. The normalized spacial score (nSPS) is 11.3. The number of aryl methyl sites for hydroxylation is 1. The zero-order valence-corrected chi connectivity index (χ0v) is 16.7. The molecule has 0 radical (unpaired) electrons. The largest absolute Gasteiger partial charge is 0.326 e. The predicted molar refractivity (Wildman–Crippen MR) is 105 cm³/mol. The van der Waals surface area contributed by atoms with Crippen LogP contribution in [0.25, 0.3) is 0 Å². The van der Waals surface area contributed by atoms with E-state index in [2.05, 4.69) is 10.6 Å². The van der Waals surface area contributed by atoms with Gasteiger partial charge in [-0.3, -0.25) is 9.59 Å². The van der Waals surface area contributed by atoms with Crippen LogP contribution in [0.5, 0.6) is 0 Å². The van der Waals surface area contributed by atoms with Crippen molar-refractivity contribution in [2.75, 3.05) is 24.2 Å². The molecule has 0 atom stereocenters. The topological polar surface area (TPSA) is 95.6 Å². The summed E-state index contributed by atoms with van der Waals surface area (Å²) in [5.41, 5.74) is 1.82. The maximum atomic E-state index is 12.6. The van der Waals surface area contributed by atoms with Gasteiger partial charge in [-0.2, -0.15) is 4.31 Å². The maximum absolute atomic E-state index is 12.6. The van der Waals surface area contributed by atoms with Gasteiger partial charge in [0.2, 0.25) is 21.8 Å². The van der Waals surface area contributed by atoms with Crippen molar-refractivity contribution in [2.45, 2.75) is 18.7 Å². The number of nitrogens with zero attached hydrogens (tertiary/aromatic N) is 1. The van der Waals surface area contributed by atoms with E-state index in [1.54, 1.807) is 18.2 Å². The van der Waals surface area contributed by atoms with Crippen LogP contribution in [-0.2, 0) is 19.6 Å². The van der Waals surface area contributed by atoms with E-state index < -0.39 is 15.9 Å². The van der Waals surface area contributed by atoms with Crippen molar-refractivity contribution in [1.82, 2.24) is 4.31 Å². The molecule has 0 heterocycles. The highest BCUT2D eigenvalue weighted by Crippen LogP contribution is 2.21. The van der Waals surface area contributed by atoms with Gasteiger partial charge >= 0.3 is 0 Å². The van der Waals surface area contributed by atoms with Gasteiger partial charge in [-0.1, -0.05) is 17.7 Å². The average Bonchev–Trinajstić information content (AvgIpc) is 2.58. The molecule has 0 unspecified atom stereocenters. The van der Waals surface area contributed by atoms with Crippen molar-refractivity contribution in [3.8, 4) is 0 Å². The molecule has 9 heteroatoms. The monoisotopic (exact) mass is 409 g/mol. The van der Waals surface area contributed by atoms with Crippen LogP contribution in [0.2, 0.25) is 5.02 Å². The van der Waals surface area contributed by atoms with Gasteiger partial charge in [0.1, 0.15) is 0 Å². The van der Waals surface area contributed by atoms with Crippen LogP contribution in [0.1, 0.15) is 12.5 Å². The van der Waals surface area contributed by atoms with Crippen molar-refractivity contribution in [3.63, 3.8) is 0 Å². The lowest BCUT2D eigenvalue weighted by Gasteiger charge is -2.17. The predicted octanol–water partition coefficient (Wildman–Crippen LogP) is 2.87. The molecule has 0 saturated heterocycles. The Balaban J connectivity index is 2.09. The first-order chi connectivity index (χ1) is 12.6. The molecule has 0 aliphatic carbocycles. The van der Waals surface area contributed by atoms with E-state index in [0.717, 1.165) is 9.87 Å². The molecular weight excluding hydrogens is 390 g/mol. The summed E-state index contributed by atoms with van der Waals surface area (Å²) in [6.07, 6.45) is 0. The zero-order valence-electron chi connectivity index (χ0n) is 15.1. The lowest BCUT2D eigenvalue weighted by atomic mass is 10.2. The van der Waals surface area contributed by atoms with Gasteiger partial charge in [-0.05, 0) is 48.9 Å². The summed E-state index contributed by atoms with van der Waals surface area (Å²) < 4.78 is 26.2. The Morgan fingerprint density at radius 2 is 1.70 bits per heavy atom. The second-order valence-electron chi connectivity index (χ2n) is 5.97. The second-order valence-corrected chi connectivity index (χ2v) is 8.46. The Kier molecular flexibility index (Phi) is 6.59. The van der Waals surface area contributed by atoms with Crippen LogP contribution in [0.15, 0.2) is 47.4 Å². The summed E-state index contributed by atoms with van der Waals surface area (Å²) in [6.45, 7) is 2.81. The van der Waals surface area contributed by atoms with Gasteiger partial charge in [-0.25, -0.2) is 8.42 Å². The smallest absolute Gasteiger partial charge is 0.243 e. The summed E-state index contributed by atoms with van der Waals surface area (Å²) in [6, 6.07) is 10.8. The minimum absolute atomic E-state index is 0.0193. The molecule has 2 amide bonds. The van der Waals surface area contributed by atoms with E-state index in [4.69, 9.17) is 11.6 Å². The van der Waals surface area contributed by atoms with Crippen LogP contribution < -0.4 is 10.6 Å². The molecule has 2 N–H and O–H groups in total. The lowest BCUT2D eigenvalue weighted by Crippen LogP contribution is -2.35. The van der Waals surface area contributed by atoms with E-state index in [1.807, 2.05) is 6.92 Å². The minimum Gasteiger partial charge on any atom is -0.326 e. The molecule has 0 aliphatic heterocycles. The molecule has 0 bridgehead atoms. The SMILES string of the molecule is CC(=O)Nc1ccc(S(=O)(=O)N(C)CC(=O)Nc2cc(Cl)ccc2C)cc1. The Morgan fingerprint density at radius 1 is 1.07 bits per heavy atom. The number of rotatable bonds is 6. The van der Waals surface area contributed by atoms with Gasteiger partial charge in [0, 0.05) is 30.4 Å². The van der Waals surface area contributed by atoms with E-state index in [0.29, 0.717) is 16.4 Å². The molecule has 0 saturated carbocycles. The molecule has 0 spiro atoms. The fraction of sp³-hybridized carbons (Fsp3) is 0.222. The number of hydrogen-bond acceptors (Lipinski definition) is 4. The molecule has 2 rings (SSSR count). The van der Waals surface area contributed by atoms with Gasteiger partial charge in [0.25, 0.3) is 0 Å². The van der Waals surface area contributed by atoms with Crippen molar-refractivity contribution in [1.29, 1.82) is 0 Å². The van der Waals surface area contributed by atoms with Crippen LogP contribution in [-0.4, -0.2) is 38.1 Å². The third kappa shape index (κ3) is 5.53. The summed E-state index contributed by atoms with van der Waals surface area (Å²) in [7, 11) is -2.54. The number of anilines is 2. The number of nitrogens with one attached hydrogen (secondary N) is 2. The van der Waals surface area contributed by atoms with Crippen molar-refractivity contribution in [2.24, 2.45) is 0 Å². The van der Waals surface area contributed by atoms with Crippen LogP contribution in [0.3, 0.4) is 0 Å². The number of hydrogen-bond donors (Lipinski definition) is 2. The number of amides is 2. The highest BCUT2D eigenvalue weighted by atomic mass is 35.5. The standard InChI is InChI=1S/C18H20ClN3O4S/c1-12-4-5-14(19)10-17(12)21-18(24)11-22(3)27(25,26)16-8-6-15(7-9-16)20-13(2)23/h4-10H,11H2,1-3H3,(H,20,23)(H,21,24). The van der Waals surface area contributed by atoms with Crippen molar-refractivity contribution in [3.05, 3.63) is 53.1 Å². The molecule has 144 valence electrons. The summed E-state index contributed by atoms with van der Waals surface area (Å²) in [5, 5.41) is 5.69. The fourth-order valence-electron chi connectivity index (χ4n) is 2.30. The Bertz CT molecular complexity index is 959. The summed E-state index contributed by atoms with van der Waals surface area (Å²) in [5.74, 6) is -0.739. The lowest BCUT2D eigenvalue weighted by molar-refractivity contribution is -0.116. The Morgan fingerprint density at radius 3 is 2.30 bits per heavy atom. The molecule has 0 fully saturated rings. The average molecular weight is 410 g/mol. The highest BCUT2D eigenvalue weighted by Gasteiger charge is 2.23. The third-order valence-corrected chi connectivity index (χ3v) is 5.78. The zero-order chi connectivity index (χ0) is 20.2. The van der Waals surface area contributed by atoms with Crippen LogP contribution >= 0.6 is 11.6 Å². The van der Waals surface area contributed by atoms with Crippen molar-refractivity contribution < 1.29 is 18.0 Å². The minimum atomic E-state index is -3.86. The Labute approximate surface area is 163 Å². The quantitative estimate of drug-likeness (QED) is 0.766. The second kappa shape index (κ2) is 8.51. The molecule has 2 aromatic carbocycles. The van der Waals surface area contributed by atoms with Gasteiger partial charge < -0.3 is 10.6 Å². The molecule has 0 aromatic heterocycles. The number of likely N-dealkylation sites (N-methyl/N-ethyl adjacent to an activating group) is 1. The van der Waals surface area contributed by atoms with Crippen LogP contribution in [0, 0.1) is 6.92 Å². The summed E-state index contributed by atoms with van der Waals surface area (Å²) >= 11 is 5.92. The number of halogens is 1. The number of carbonyl (C=O) groups excluding carboxylic acids is 2. The number of benzene rings is 2. The van der Waals surface area contributed by atoms with E-state index in [1.165, 1.54) is 38.2 Å². The van der Waals surface area contributed by atoms with E-state index in [-0.39, 0.29) is 17.3 Å². The Hall–Kier alpha value is -2.42. The number of sulfonamides is 1.